The third-order valence-corrected chi connectivity index (χ3v) is 7.07. The van der Waals surface area contributed by atoms with Gasteiger partial charge in [-0.05, 0) is 0 Å². The van der Waals surface area contributed by atoms with Gasteiger partial charge in [0.15, 0.2) is 12.4 Å². The number of hydrogen-bond acceptors (Lipinski definition) is 11. The Morgan fingerprint density at radius 3 is 2.23 bits per heavy atom. The molecule has 0 amide bonds. The van der Waals surface area contributed by atoms with Crippen LogP contribution in [0.25, 0.3) is 0 Å². The van der Waals surface area contributed by atoms with E-state index in [1.165, 1.54) is 4.98 Å². The summed E-state index contributed by atoms with van der Waals surface area (Å²) in [7, 11) is -17.3. The molecule has 0 bridgehead atoms. The minimum atomic E-state index is -5.89. The van der Waals surface area contributed by atoms with Crippen LogP contribution >= 0.6 is 23.5 Å². The zero-order chi connectivity index (χ0) is 23.1. The number of halogens is 1. The highest BCUT2D eigenvalue weighted by Crippen LogP contribution is 2.65. The number of aliphatic hydroxyl groups is 2. The van der Waals surface area contributed by atoms with Gasteiger partial charge in [-0.3, -0.25) is 19.2 Å². The monoisotopic (exact) mass is 502 g/mol. The van der Waals surface area contributed by atoms with E-state index in [0.717, 1.165) is 0 Å². The quantitative estimate of drug-likeness (QED) is 0.187. The minimum Gasteiger partial charge on any atom is -0.396 e. The van der Waals surface area contributed by atoms with Crippen molar-refractivity contribution in [1.82, 2.24) is 9.55 Å². The maximum atomic E-state index is 14.2. The average molecular weight is 502 g/mol. The molecule has 1 aliphatic rings. The lowest BCUT2D eigenvalue weighted by Crippen LogP contribution is -2.36. The number of aromatic nitrogens is 2. The second-order valence-corrected chi connectivity index (χ2v) is 9.87. The SMILES string of the molecule is O=c1[nH]c(=O)n([C@@H]2O[C@H](CO)[C@@H](O)[C@H]2F)cc1OP(=O)(O)OP(=O)(O)OP(=O)(O)O. The van der Waals surface area contributed by atoms with Gasteiger partial charge in [0.1, 0.15) is 12.2 Å². The lowest BCUT2D eigenvalue weighted by molar-refractivity contribution is -0.0493. The Balaban J connectivity index is 2.33. The van der Waals surface area contributed by atoms with Crippen LogP contribution in [0.15, 0.2) is 15.8 Å². The molecule has 2 unspecified atom stereocenters. The van der Waals surface area contributed by atoms with E-state index in [0.29, 0.717) is 6.20 Å². The number of phosphoric acid groups is 3. The summed E-state index contributed by atoms with van der Waals surface area (Å²) in [5.41, 5.74) is -2.84. The fourth-order valence-electron chi connectivity index (χ4n) is 2.22. The molecule has 1 saturated heterocycles. The molecule has 1 aliphatic heterocycles. The van der Waals surface area contributed by atoms with Crippen LogP contribution in [0.2, 0.25) is 0 Å². The first-order valence-electron chi connectivity index (χ1n) is 7.32. The summed E-state index contributed by atoms with van der Waals surface area (Å²) in [6.45, 7) is -0.843. The van der Waals surface area contributed by atoms with Crippen molar-refractivity contribution in [2.75, 3.05) is 6.61 Å². The predicted octanol–water partition coefficient (Wildman–Crippen LogP) is -2.17. The van der Waals surface area contributed by atoms with Crippen molar-refractivity contribution >= 4 is 23.5 Å². The van der Waals surface area contributed by atoms with Crippen molar-refractivity contribution in [3.63, 3.8) is 0 Å². The third-order valence-electron chi connectivity index (χ3n) is 3.31. The fourth-order valence-corrected chi connectivity index (χ4v) is 5.24. The summed E-state index contributed by atoms with van der Waals surface area (Å²) >= 11 is 0. The molecule has 2 heterocycles. The lowest BCUT2D eigenvalue weighted by Gasteiger charge is -2.18. The van der Waals surface area contributed by atoms with Crippen LogP contribution in [0.1, 0.15) is 6.23 Å². The third kappa shape index (κ3) is 6.13. The van der Waals surface area contributed by atoms with Crippen LogP contribution in [0.5, 0.6) is 5.75 Å². The molecule has 21 heteroatoms. The fraction of sp³-hybridized carbons (Fsp3) is 0.556. The van der Waals surface area contributed by atoms with Gasteiger partial charge >= 0.3 is 29.2 Å². The molecule has 2 rings (SSSR count). The molecule has 0 aliphatic carbocycles. The first kappa shape index (κ1) is 25.0. The van der Waals surface area contributed by atoms with Gasteiger partial charge < -0.3 is 34.2 Å². The van der Waals surface area contributed by atoms with Crippen LogP contribution in [-0.4, -0.2) is 64.3 Å². The van der Waals surface area contributed by atoms with E-state index in [4.69, 9.17) is 24.5 Å². The van der Waals surface area contributed by atoms with Crippen LogP contribution in [0.3, 0.4) is 0 Å². The van der Waals surface area contributed by atoms with Crippen LogP contribution in [0, 0.1) is 0 Å². The number of rotatable bonds is 8. The van der Waals surface area contributed by atoms with Gasteiger partial charge in [-0.2, -0.15) is 8.62 Å². The van der Waals surface area contributed by atoms with E-state index < -0.39 is 71.7 Å². The van der Waals surface area contributed by atoms with Crippen LogP contribution < -0.4 is 15.8 Å². The Morgan fingerprint density at radius 2 is 1.73 bits per heavy atom. The highest BCUT2D eigenvalue weighted by molar-refractivity contribution is 7.66. The molecule has 7 N–H and O–H groups in total. The maximum Gasteiger partial charge on any atom is 0.536 e. The smallest absolute Gasteiger partial charge is 0.396 e. The normalized spacial score (nSPS) is 28.6. The summed E-state index contributed by atoms with van der Waals surface area (Å²) in [4.78, 5) is 60.6. The van der Waals surface area contributed by atoms with Crippen molar-refractivity contribution in [3.05, 3.63) is 27.0 Å². The molecule has 6 atom stereocenters. The molecule has 172 valence electrons. The molecular formula is C9H14FN2O15P3. The standard InChI is InChI=1S/C9H14FN2O15P3/c10-5-6(14)4(2-13)24-8(5)12-1-3(7(15)11-9(12)16)25-29(20,21)27-30(22,23)26-28(17,18)19/h1,4-6,8,13-14H,2H2,(H,20,21)(H,22,23)(H,11,15,16)(H2,17,18,19)/t4-,5-,6-,8-/m1/s1. The van der Waals surface area contributed by atoms with E-state index in [-0.39, 0.29) is 4.57 Å². The number of aromatic amines is 1. The van der Waals surface area contributed by atoms with Gasteiger partial charge in [0.05, 0.1) is 12.8 Å². The van der Waals surface area contributed by atoms with Gasteiger partial charge in [-0.25, -0.2) is 22.9 Å². The number of aliphatic hydroxyl groups excluding tert-OH is 2. The van der Waals surface area contributed by atoms with Crippen molar-refractivity contribution in [1.29, 1.82) is 0 Å². The molecular weight excluding hydrogens is 488 g/mol. The molecule has 1 aromatic heterocycles. The number of nitrogens with one attached hydrogen (secondary N) is 1. The number of alkyl halides is 1. The number of H-pyrrole nitrogens is 1. The Labute approximate surface area is 163 Å². The van der Waals surface area contributed by atoms with E-state index in [2.05, 4.69) is 13.1 Å². The summed E-state index contributed by atoms with van der Waals surface area (Å²) < 4.78 is 64.1. The van der Waals surface area contributed by atoms with E-state index in [1.807, 2.05) is 0 Å². The first-order chi connectivity index (χ1) is 13.6. The minimum absolute atomic E-state index is 0.269. The Kier molecular flexibility index (Phi) is 7.25. The van der Waals surface area contributed by atoms with Crippen molar-refractivity contribution in [2.45, 2.75) is 24.6 Å². The van der Waals surface area contributed by atoms with Crippen molar-refractivity contribution in [3.8, 4) is 5.75 Å². The number of phosphoric ester groups is 1. The molecule has 0 radical (unpaired) electrons. The average Bonchev–Trinajstić information content (AvgIpc) is 2.81. The molecule has 1 aromatic rings. The summed E-state index contributed by atoms with van der Waals surface area (Å²) in [6, 6.07) is 0. The van der Waals surface area contributed by atoms with E-state index >= 15 is 0 Å². The van der Waals surface area contributed by atoms with Crippen LogP contribution in [-0.2, 0) is 27.1 Å². The number of ether oxygens (including phenoxy) is 1. The second-order valence-electron chi connectivity index (χ2n) is 5.52. The van der Waals surface area contributed by atoms with Gasteiger partial charge in [-0.15, -0.1) is 0 Å². The topological polar surface area (TPSA) is 264 Å². The Hall–Kier alpha value is -1.26. The molecule has 1 fully saturated rings. The van der Waals surface area contributed by atoms with Crippen molar-refractivity contribution < 1.29 is 65.8 Å². The lowest BCUT2D eigenvalue weighted by atomic mass is 10.1. The predicted molar refractivity (Wildman–Crippen MR) is 87.7 cm³/mol. The Bertz CT molecular complexity index is 1050. The zero-order valence-electron chi connectivity index (χ0n) is 14.1. The Morgan fingerprint density at radius 1 is 1.13 bits per heavy atom. The summed E-state index contributed by atoms with van der Waals surface area (Å²) in [6.07, 6.45) is -7.23. The van der Waals surface area contributed by atoms with E-state index in [9.17, 15) is 37.7 Å². The van der Waals surface area contributed by atoms with Gasteiger partial charge in [0, 0.05) is 0 Å². The number of hydrogen-bond donors (Lipinski definition) is 7. The summed E-state index contributed by atoms with van der Waals surface area (Å²) in [5.74, 6) is -1.27. The molecule has 0 saturated carbocycles. The van der Waals surface area contributed by atoms with E-state index in [1.54, 1.807) is 0 Å². The maximum absolute atomic E-state index is 14.2. The number of nitrogens with zero attached hydrogens (tertiary/aromatic N) is 1. The highest BCUT2D eigenvalue weighted by Gasteiger charge is 2.46. The second kappa shape index (κ2) is 8.70. The van der Waals surface area contributed by atoms with Crippen LogP contribution in [0.4, 0.5) is 4.39 Å². The van der Waals surface area contributed by atoms with Gasteiger partial charge in [0.25, 0.3) is 5.56 Å². The summed E-state index contributed by atoms with van der Waals surface area (Å²) in [5, 5.41) is 18.6. The molecule has 0 spiro atoms. The molecule has 30 heavy (non-hydrogen) atoms. The molecule has 0 aromatic carbocycles. The highest BCUT2D eigenvalue weighted by atomic mass is 31.3. The van der Waals surface area contributed by atoms with Gasteiger partial charge in [0.2, 0.25) is 5.75 Å². The largest absolute Gasteiger partial charge is 0.536 e. The zero-order valence-corrected chi connectivity index (χ0v) is 16.8. The first-order valence-corrected chi connectivity index (χ1v) is 11.8. The molecule has 17 nitrogen and oxygen atoms in total. The van der Waals surface area contributed by atoms with Crippen molar-refractivity contribution in [2.24, 2.45) is 0 Å². The van der Waals surface area contributed by atoms with Gasteiger partial charge in [-0.1, -0.05) is 0 Å².